The number of carbonyl (C=O) groups excluding carboxylic acids is 1. The third-order valence-corrected chi connectivity index (χ3v) is 3.72. The number of aryl methyl sites for hydroxylation is 1. The summed E-state index contributed by atoms with van der Waals surface area (Å²) in [7, 11) is 3.66. The molecule has 1 saturated heterocycles. The second kappa shape index (κ2) is 7.60. The number of amides is 2. The van der Waals surface area contributed by atoms with Crippen molar-refractivity contribution in [3.8, 4) is 0 Å². The monoisotopic (exact) mass is 309 g/mol. The molecule has 0 saturated carbocycles. The van der Waals surface area contributed by atoms with E-state index in [1.165, 1.54) is 0 Å². The summed E-state index contributed by atoms with van der Waals surface area (Å²) in [6, 6.07) is -0.0572. The summed E-state index contributed by atoms with van der Waals surface area (Å²) >= 11 is 0. The van der Waals surface area contributed by atoms with E-state index in [1.807, 2.05) is 13.2 Å². The van der Waals surface area contributed by atoms with Gasteiger partial charge in [-0.3, -0.25) is 9.58 Å². The smallest absolute Gasteiger partial charge is 0.317 e. The van der Waals surface area contributed by atoms with Crippen LogP contribution >= 0.6 is 0 Å². The minimum atomic E-state index is -0.0572. The van der Waals surface area contributed by atoms with Gasteiger partial charge in [0.2, 0.25) is 0 Å². The summed E-state index contributed by atoms with van der Waals surface area (Å²) in [4.78, 5) is 16.1. The highest BCUT2D eigenvalue weighted by molar-refractivity contribution is 5.73. The largest absolute Gasteiger partial charge is 0.373 e. The molecule has 1 aliphatic heterocycles. The normalized spacial score (nSPS) is 22.5. The van der Waals surface area contributed by atoms with E-state index in [9.17, 15) is 4.79 Å². The van der Waals surface area contributed by atoms with Gasteiger partial charge in [0.05, 0.1) is 24.9 Å². The van der Waals surface area contributed by atoms with E-state index in [0.717, 1.165) is 25.2 Å². The molecule has 2 atom stereocenters. The van der Waals surface area contributed by atoms with Gasteiger partial charge >= 0.3 is 6.03 Å². The lowest BCUT2D eigenvalue weighted by Gasteiger charge is -2.35. The van der Waals surface area contributed by atoms with Crippen LogP contribution in [0.25, 0.3) is 0 Å². The zero-order valence-corrected chi connectivity index (χ0v) is 14.0. The molecule has 7 nitrogen and oxygen atoms in total. The molecule has 0 aromatic carbocycles. The maximum atomic E-state index is 12.1. The Bertz CT molecular complexity index is 480. The predicted octanol–water partition coefficient (Wildman–Crippen LogP) is 0.671. The summed E-state index contributed by atoms with van der Waals surface area (Å²) in [5.74, 6) is 0. The Labute approximate surface area is 132 Å². The van der Waals surface area contributed by atoms with Crippen LogP contribution in [-0.2, 0) is 18.3 Å². The highest BCUT2D eigenvalue weighted by Crippen LogP contribution is 2.09. The van der Waals surface area contributed by atoms with E-state index in [4.69, 9.17) is 4.74 Å². The molecule has 1 aromatic heterocycles. The van der Waals surface area contributed by atoms with E-state index in [0.29, 0.717) is 13.1 Å². The molecule has 124 valence electrons. The van der Waals surface area contributed by atoms with E-state index in [2.05, 4.69) is 29.2 Å². The average molecular weight is 309 g/mol. The third kappa shape index (κ3) is 4.99. The van der Waals surface area contributed by atoms with Gasteiger partial charge in [-0.1, -0.05) is 0 Å². The summed E-state index contributed by atoms with van der Waals surface area (Å²) in [6.07, 6.45) is 4.21. The number of urea groups is 1. The molecule has 1 aliphatic rings. The van der Waals surface area contributed by atoms with Gasteiger partial charge in [0, 0.05) is 52.0 Å². The second-order valence-corrected chi connectivity index (χ2v) is 6.13. The number of rotatable bonds is 5. The summed E-state index contributed by atoms with van der Waals surface area (Å²) in [5.41, 5.74) is 1.02. The Morgan fingerprint density at radius 2 is 2.14 bits per heavy atom. The molecule has 0 spiro atoms. The van der Waals surface area contributed by atoms with Gasteiger partial charge in [-0.15, -0.1) is 0 Å². The fourth-order valence-electron chi connectivity index (χ4n) is 2.82. The predicted molar refractivity (Wildman–Crippen MR) is 84.5 cm³/mol. The topological polar surface area (TPSA) is 62.6 Å². The summed E-state index contributed by atoms with van der Waals surface area (Å²) < 4.78 is 7.44. The molecule has 0 bridgehead atoms. The van der Waals surface area contributed by atoms with E-state index >= 15 is 0 Å². The second-order valence-electron chi connectivity index (χ2n) is 6.13. The van der Waals surface area contributed by atoms with Gasteiger partial charge in [0.1, 0.15) is 0 Å². The first kappa shape index (κ1) is 16.8. The summed E-state index contributed by atoms with van der Waals surface area (Å²) in [5, 5.41) is 7.07. The first-order valence-electron chi connectivity index (χ1n) is 7.78. The quantitative estimate of drug-likeness (QED) is 0.868. The van der Waals surface area contributed by atoms with E-state index in [1.54, 1.807) is 22.8 Å². The van der Waals surface area contributed by atoms with Crippen molar-refractivity contribution in [3.63, 3.8) is 0 Å². The van der Waals surface area contributed by atoms with Crippen molar-refractivity contribution in [2.45, 2.75) is 32.6 Å². The molecular formula is C15H27N5O2. The van der Waals surface area contributed by atoms with Crippen LogP contribution in [0.15, 0.2) is 12.4 Å². The van der Waals surface area contributed by atoms with Crippen molar-refractivity contribution in [2.75, 3.05) is 33.2 Å². The number of nitrogens with zero attached hydrogens (tertiary/aromatic N) is 4. The van der Waals surface area contributed by atoms with Crippen LogP contribution in [-0.4, -0.2) is 71.0 Å². The van der Waals surface area contributed by atoms with E-state index < -0.39 is 0 Å². The Hall–Kier alpha value is -1.60. The van der Waals surface area contributed by atoms with Gasteiger partial charge in [-0.05, 0) is 13.8 Å². The lowest BCUT2D eigenvalue weighted by molar-refractivity contribution is -0.0672. The molecule has 1 aromatic rings. The maximum absolute atomic E-state index is 12.1. The highest BCUT2D eigenvalue weighted by atomic mass is 16.5. The van der Waals surface area contributed by atoms with Gasteiger partial charge in [-0.25, -0.2) is 4.79 Å². The van der Waals surface area contributed by atoms with Crippen molar-refractivity contribution in [2.24, 2.45) is 7.05 Å². The SMILES string of the molecule is C[C@H]1CN(CCNC(=O)N(C)Cc2cnn(C)c2)C[C@H](C)O1. The molecule has 2 heterocycles. The number of ether oxygens (including phenoxy) is 1. The van der Waals surface area contributed by atoms with Gasteiger partial charge < -0.3 is 15.0 Å². The van der Waals surface area contributed by atoms with Crippen molar-refractivity contribution in [3.05, 3.63) is 18.0 Å². The molecular weight excluding hydrogens is 282 g/mol. The molecule has 1 fully saturated rings. The lowest BCUT2D eigenvalue weighted by Crippen LogP contribution is -2.48. The number of nitrogens with one attached hydrogen (secondary N) is 1. The van der Waals surface area contributed by atoms with Gasteiger partial charge in [-0.2, -0.15) is 5.10 Å². The molecule has 0 radical (unpaired) electrons. The number of carbonyl (C=O) groups is 1. The molecule has 7 heteroatoms. The Balaban J connectivity index is 1.68. The number of morpholine rings is 1. The Morgan fingerprint density at radius 3 is 2.73 bits per heavy atom. The van der Waals surface area contributed by atoms with Crippen LogP contribution in [0, 0.1) is 0 Å². The first-order chi connectivity index (χ1) is 10.4. The van der Waals surface area contributed by atoms with Crippen LogP contribution in [0.1, 0.15) is 19.4 Å². The minimum Gasteiger partial charge on any atom is -0.373 e. The van der Waals surface area contributed by atoms with Crippen LogP contribution in [0.3, 0.4) is 0 Å². The molecule has 2 rings (SSSR count). The van der Waals surface area contributed by atoms with Crippen molar-refractivity contribution < 1.29 is 9.53 Å². The first-order valence-corrected chi connectivity index (χ1v) is 7.78. The zero-order valence-electron chi connectivity index (χ0n) is 14.0. The molecule has 0 unspecified atom stereocenters. The highest BCUT2D eigenvalue weighted by Gasteiger charge is 2.21. The molecule has 1 N–H and O–H groups in total. The van der Waals surface area contributed by atoms with Crippen molar-refractivity contribution in [1.82, 2.24) is 24.9 Å². The van der Waals surface area contributed by atoms with Crippen LogP contribution in [0.4, 0.5) is 4.79 Å². The maximum Gasteiger partial charge on any atom is 0.317 e. The average Bonchev–Trinajstić information content (AvgIpc) is 2.82. The van der Waals surface area contributed by atoms with Crippen molar-refractivity contribution in [1.29, 1.82) is 0 Å². The standard InChI is InChI=1S/C15H27N5O2/c1-12-8-20(9-13(2)22-12)6-5-16-15(21)18(3)10-14-7-17-19(4)11-14/h7,11-13H,5-6,8-10H2,1-4H3,(H,16,21)/t12-,13-/m0/s1. The van der Waals surface area contributed by atoms with Crippen LogP contribution < -0.4 is 5.32 Å². The third-order valence-electron chi connectivity index (χ3n) is 3.72. The lowest BCUT2D eigenvalue weighted by atomic mass is 10.2. The molecule has 2 amide bonds. The number of aromatic nitrogens is 2. The number of hydrogen-bond donors (Lipinski definition) is 1. The molecule has 0 aliphatic carbocycles. The fraction of sp³-hybridized carbons (Fsp3) is 0.733. The van der Waals surface area contributed by atoms with Crippen molar-refractivity contribution >= 4 is 6.03 Å². The van der Waals surface area contributed by atoms with Gasteiger partial charge in [0.25, 0.3) is 0 Å². The number of hydrogen-bond acceptors (Lipinski definition) is 4. The van der Waals surface area contributed by atoms with Crippen LogP contribution in [0.2, 0.25) is 0 Å². The fourth-order valence-corrected chi connectivity index (χ4v) is 2.82. The minimum absolute atomic E-state index is 0.0572. The Kier molecular flexibility index (Phi) is 5.79. The van der Waals surface area contributed by atoms with Crippen LogP contribution in [0.5, 0.6) is 0 Å². The summed E-state index contributed by atoms with van der Waals surface area (Å²) in [6.45, 7) is 8.08. The molecule has 22 heavy (non-hydrogen) atoms. The van der Waals surface area contributed by atoms with E-state index in [-0.39, 0.29) is 18.2 Å². The zero-order chi connectivity index (χ0) is 16.1. The Morgan fingerprint density at radius 1 is 1.45 bits per heavy atom. The van der Waals surface area contributed by atoms with Gasteiger partial charge in [0.15, 0.2) is 0 Å².